The smallest absolute Gasteiger partial charge is 0.226 e. The number of aromatic nitrogens is 2. The van der Waals surface area contributed by atoms with Crippen molar-refractivity contribution >= 4 is 16.9 Å². The van der Waals surface area contributed by atoms with E-state index in [1.165, 1.54) is 6.07 Å². The van der Waals surface area contributed by atoms with E-state index in [0.29, 0.717) is 5.91 Å². The lowest BCUT2D eigenvalue weighted by molar-refractivity contribution is -0.137. The van der Waals surface area contributed by atoms with E-state index >= 15 is 0 Å². The molecule has 0 N–H and O–H groups in total. The molecular weight excluding hydrogens is 305 g/mol. The van der Waals surface area contributed by atoms with Gasteiger partial charge in [-0.05, 0) is 50.3 Å². The highest BCUT2D eigenvalue weighted by molar-refractivity contribution is 5.79. The van der Waals surface area contributed by atoms with Gasteiger partial charge in [-0.25, -0.2) is 9.37 Å². The number of piperidine rings is 1. The number of likely N-dealkylation sites (tertiary alicyclic amines) is 1. The van der Waals surface area contributed by atoms with Crippen molar-refractivity contribution in [3.05, 3.63) is 42.5 Å². The van der Waals surface area contributed by atoms with Crippen molar-refractivity contribution in [2.45, 2.75) is 38.1 Å². The second-order valence-corrected chi connectivity index (χ2v) is 6.82. The molecule has 2 heterocycles. The highest BCUT2D eigenvalue weighted by Gasteiger charge is 2.29. The molecule has 1 aromatic heterocycles. The van der Waals surface area contributed by atoms with E-state index in [-0.39, 0.29) is 17.8 Å². The van der Waals surface area contributed by atoms with Crippen LogP contribution in [0.25, 0.3) is 11.0 Å². The first-order chi connectivity index (χ1) is 11.7. The van der Waals surface area contributed by atoms with E-state index in [1.807, 2.05) is 4.90 Å². The molecule has 0 saturated carbocycles. The number of hydrogen-bond acceptors (Lipinski definition) is 2. The molecule has 0 radical (unpaired) electrons. The first-order valence-electron chi connectivity index (χ1n) is 8.78. The molecule has 0 spiro atoms. The van der Waals surface area contributed by atoms with E-state index in [4.69, 9.17) is 0 Å². The molecule has 2 aliphatic rings. The summed E-state index contributed by atoms with van der Waals surface area (Å²) in [5.41, 5.74) is 1.67. The van der Waals surface area contributed by atoms with Crippen LogP contribution in [0.4, 0.5) is 4.39 Å². The van der Waals surface area contributed by atoms with Gasteiger partial charge < -0.3 is 9.47 Å². The van der Waals surface area contributed by atoms with E-state index in [0.717, 1.165) is 56.2 Å². The van der Waals surface area contributed by atoms with Crippen molar-refractivity contribution < 1.29 is 9.18 Å². The standard InChI is InChI=1S/C19H22FN3O/c20-15-6-7-17-18(12-15)23(13-21-17)16-8-10-22(11-9-16)19(24)14-4-2-1-3-5-14/h1-2,6-7,12-14,16H,3-5,8-11H2. The van der Waals surface area contributed by atoms with Crippen LogP contribution in [0, 0.1) is 11.7 Å². The Morgan fingerprint density at radius 3 is 2.75 bits per heavy atom. The molecule has 1 unspecified atom stereocenters. The number of nitrogens with zero attached hydrogens (tertiary/aromatic N) is 3. The molecule has 126 valence electrons. The lowest BCUT2D eigenvalue weighted by atomic mass is 9.92. The largest absolute Gasteiger partial charge is 0.342 e. The Hall–Kier alpha value is -2.17. The average Bonchev–Trinajstić information content (AvgIpc) is 3.05. The molecule has 1 fully saturated rings. The van der Waals surface area contributed by atoms with Gasteiger partial charge in [0.2, 0.25) is 5.91 Å². The van der Waals surface area contributed by atoms with Crippen LogP contribution in [0.15, 0.2) is 36.7 Å². The first-order valence-corrected chi connectivity index (χ1v) is 8.78. The predicted octanol–water partition coefficient (Wildman–Crippen LogP) is 3.70. The van der Waals surface area contributed by atoms with E-state index in [9.17, 15) is 9.18 Å². The molecule has 1 atom stereocenters. The lowest BCUT2D eigenvalue weighted by Crippen LogP contribution is -2.42. The highest BCUT2D eigenvalue weighted by Crippen LogP contribution is 2.29. The Balaban J connectivity index is 1.44. The van der Waals surface area contributed by atoms with E-state index < -0.39 is 0 Å². The van der Waals surface area contributed by atoms with Gasteiger partial charge in [0.05, 0.1) is 17.4 Å². The van der Waals surface area contributed by atoms with Gasteiger partial charge in [-0.3, -0.25) is 4.79 Å². The SMILES string of the molecule is O=C(C1CC=CCC1)N1CCC(n2cnc3ccc(F)cc32)CC1. The minimum atomic E-state index is -0.234. The molecule has 4 nitrogen and oxygen atoms in total. The van der Waals surface area contributed by atoms with Crippen molar-refractivity contribution in [3.8, 4) is 0 Å². The molecule has 2 aromatic rings. The zero-order valence-corrected chi connectivity index (χ0v) is 13.7. The molecule has 1 amide bonds. The quantitative estimate of drug-likeness (QED) is 0.789. The number of halogens is 1. The first kappa shape index (κ1) is 15.4. The monoisotopic (exact) mass is 327 g/mol. The summed E-state index contributed by atoms with van der Waals surface area (Å²) in [5.74, 6) is 0.233. The van der Waals surface area contributed by atoms with Crippen molar-refractivity contribution in [1.82, 2.24) is 14.5 Å². The third-order valence-electron chi connectivity index (χ3n) is 5.32. The fourth-order valence-corrected chi connectivity index (χ4v) is 3.93. The molecule has 1 aliphatic carbocycles. The van der Waals surface area contributed by atoms with Gasteiger partial charge in [-0.2, -0.15) is 0 Å². The number of imidazole rings is 1. The highest BCUT2D eigenvalue weighted by atomic mass is 19.1. The number of benzene rings is 1. The minimum Gasteiger partial charge on any atom is -0.342 e. The predicted molar refractivity (Wildman–Crippen MR) is 91.0 cm³/mol. The summed E-state index contributed by atoms with van der Waals surface area (Å²) in [6.07, 6.45) is 10.8. The van der Waals surface area contributed by atoms with Gasteiger partial charge >= 0.3 is 0 Å². The topological polar surface area (TPSA) is 38.1 Å². The molecule has 1 aliphatic heterocycles. The maximum atomic E-state index is 13.5. The third kappa shape index (κ3) is 2.83. The molecule has 24 heavy (non-hydrogen) atoms. The van der Waals surface area contributed by atoms with E-state index in [2.05, 4.69) is 21.7 Å². The number of carbonyl (C=O) groups excluding carboxylic acids is 1. The summed E-state index contributed by atoms with van der Waals surface area (Å²) in [7, 11) is 0. The van der Waals surface area contributed by atoms with Crippen LogP contribution in [0.3, 0.4) is 0 Å². The normalized spacial score (nSPS) is 22.2. The number of fused-ring (bicyclic) bond motifs is 1. The lowest BCUT2D eigenvalue weighted by Gasteiger charge is -2.35. The number of hydrogen-bond donors (Lipinski definition) is 0. The zero-order chi connectivity index (χ0) is 16.5. The van der Waals surface area contributed by atoms with Crippen LogP contribution in [0.1, 0.15) is 38.1 Å². The van der Waals surface area contributed by atoms with Crippen LogP contribution in [-0.2, 0) is 4.79 Å². The molecule has 4 rings (SSSR count). The Morgan fingerprint density at radius 2 is 2.00 bits per heavy atom. The van der Waals surface area contributed by atoms with Gasteiger partial charge in [0.25, 0.3) is 0 Å². The van der Waals surface area contributed by atoms with Gasteiger partial charge in [0.1, 0.15) is 5.82 Å². The van der Waals surface area contributed by atoms with Gasteiger partial charge in [-0.1, -0.05) is 12.2 Å². The molecule has 1 saturated heterocycles. The van der Waals surface area contributed by atoms with Crippen LogP contribution in [0.5, 0.6) is 0 Å². The summed E-state index contributed by atoms with van der Waals surface area (Å²) in [4.78, 5) is 19.0. The van der Waals surface area contributed by atoms with Gasteiger partial charge in [0.15, 0.2) is 0 Å². The maximum absolute atomic E-state index is 13.5. The Morgan fingerprint density at radius 1 is 1.17 bits per heavy atom. The molecular formula is C19H22FN3O. The summed E-state index contributed by atoms with van der Waals surface area (Å²) in [6.45, 7) is 1.55. The number of carbonyl (C=O) groups is 1. The van der Waals surface area contributed by atoms with Gasteiger partial charge in [-0.15, -0.1) is 0 Å². The number of rotatable bonds is 2. The summed E-state index contributed by atoms with van der Waals surface area (Å²) >= 11 is 0. The maximum Gasteiger partial charge on any atom is 0.226 e. The summed E-state index contributed by atoms with van der Waals surface area (Å²) in [5, 5.41) is 0. The summed E-state index contributed by atoms with van der Waals surface area (Å²) < 4.78 is 15.6. The average molecular weight is 327 g/mol. The van der Waals surface area contributed by atoms with Crippen LogP contribution >= 0.6 is 0 Å². The number of allylic oxidation sites excluding steroid dienone is 2. The third-order valence-corrected chi connectivity index (χ3v) is 5.32. The fraction of sp³-hybridized carbons (Fsp3) is 0.474. The van der Waals surface area contributed by atoms with Crippen LogP contribution in [0.2, 0.25) is 0 Å². The van der Waals surface area contributed by atoms with Crippen molar-refractivity contribution in [2.75, 3.05) is 13.1 Å². The fourth-order valence-electron chi connectivity index (χ4n) is 3.93. The summed E-state index contributed by atoms with van der Waals surface area (Å²) in [6, 6.07) is 5.00. The second kappa shape index (κ2) is 6.38. The number of amides is 1. The van der Waals surface area contributed by atoms with Crippen molar-refractivity contribution in [2.24, 2.45) is 5.92 Å². The second-order valence-electron chi connectivity index (χ2n) is 6.82. The van der Waals surface area contributed by atoms with Crippen molar-refractivity contribution in [1.29, 1.82) is 0 Å². The van der Waals surface area contributed by atoms with Crippen molar-refractivity contribution in [3.63, 3.8) is 0 Å². The Labute approximate surface area is 141 Å². The molecule has 1 aromatic carbocycles. The van der Waals surface area contributed by atoms with Gasteiger partial charge in [0, 0.05) is 25.0 Å². The zero-order valence-electron chi connectivity index (χ0n) is 13.7. The molecule has 0 bridgehead atoms. The minimum absolute atomic E-state index is 0.162. The van der Waals surface area contributed by atoms with E-state index in [1.54, 1.807) is 18.5 Å². The Kier molecular flexibility index (Phi) is 4.08. The van der Waals surface area contributed by atoms with Crippen LogP contribution < -0.4 is 0 Å². The molecule has 5 heteroatoms. The Bertz CT molecular complexity index is 774. The van der Waals surface area contributed by atoms with Crippen LogP contribution in [-0.4, -0.2) is 33.4 Å².